The van der Waals surface area contributed by atoms with E-state index < -0.39 is 81.6 Å². The summed E-state index contributed by atoms with van der Waals surface area (Å²) < 4.78 is 11.3. The number of fused-ring (bicyclic) bond motifs is 3. The number of hydrogen-bond acceptors (Lipinski definition) is 27. The summed E-state index contributed by atoms with van der Waals surface area (Å²) in [5.41, 5.74) is 27.8. The van der Waals surface area contributed by atoms with Crippen molar-refractivity contribution in [2.24, 2.45) is 106 Å². The lowest BCUT2D eigenvalue weighted by Gasteiger charge is -2.47. The molecule has 0 aromatic heterocycles. The van der Waals surface area contributed by atoms with Crippen LogP contribution in [0.5, 0.6) is 0 Å². The van der Waals surface area contributed by atoms with E-state index >= 15 is 0 Å². The van der Waals surface area contributed by atoms with Gasteiger partial charge in [0.2, 0.25) is 47.3 Å². The first-order valence-corrected chi connectivity index (χ1v) is 43.9. The number of nitrogens with two attached hydrogens (primary N) is 5. The van der Waals surface area contributed by atoms with Crippen molar-refractivity contribution in [2.45, 2.75) is 178 Å². The lowest BCUT2D eigenvalue weighted by atomic mass is 9.74. The fourth-order valence-electron chi connectivity index (χ4n) is 18.1. The summed E-state index contributed by atoms with van der Waals surface area (Å²) in [7, 11) is 2.57. The second-order valence-corrected chi connectivity index (χ2v) is 36.0. The van der Waals surface area contributed by atoms with Gasteiger partial charge in [0, 0.05) is 110 Å². The van der Waals surface area contributed by atoms with E-state index in [9.17, 15) is 97.9 Å². The Bertz CT molecular complexity index is 4180. The molecule has 1 unspecified atom stereocenters. The van der Waals surface area contributed by atoms with E-state index in [1.54, 1.807) is 13.8 Å². The Morgan fingerprint density at radius 1 is 0.528 bits per heavy atom. The van der Waals surface area contributed by atoms with Gasteiger partial charge >= 0.3 is 29.8 Å². The number of primary amides is 5. The number of aliphatic hydroxyl groups is 3. The molecule has 7 saturated heterocycles. The smallest absolute Gasteiger partial charge is 0.362 e. The molecule has 125 heavy (non-hydrogen) atoms. The Balaban J connectivity index is 0.000000286. The van der Waals surface area contributed by atoms with Gasteiger partial charge in [0.1, 0.15) is 17.1 Å². The molecule has 10 heterocycles. The van der Waals surface area contributed by atoms with Crippen molar-refractivity contribution in [3.05, 3.63) is 114 Å². The molecule has 2 aromatic rings. The van der Waals surface area contributed by atoms with Crippen LogP contribution in [-0.4, -0.2) is 250 Å². The van der Waals surface area contributed by atoms with E-state index in [1.165, 1.54) is 71.6 Å². The fraction of sp³-hybridized carbons (Fsp3) is 0.624. The highest BCUT2D eigenvalue weighted by atomic mass is 127. The summed E-state index contributed by atoms with van der Waals surface area (Å²) in [6.45, 7) is 20.6. The van der Waals surface area contributed by atoms with Crippen LogP contribution in [0.3, 0.4) is 0 Å². The number of β-lactam (4-membered cyclic amide) rings is 3. The second kappa shape index (κ2) is 48.3. The number of alkyl halides is 1. The fourth-order valence-corrected chi connectivity index (χ4v) is 18.1. The molecular formula is C85H125IN15O23P. The van der Waals surface area contributed by atoms with Crippen molar-refractivity contribution < 1.29 is 102 Å². The van der Waals surface area contributed by atoms with Crippen LogP contribution < -0.4 is 34.0 Å². The predicted octanol–water partition coefficient (Wildman–Crippen LogP) is 4.63. The van der Waals surface area contributed by atoms with Crippen molar-refractivity contribution in [3.63, 3.8) is 0 Å². The largest absolute Gasteiger partial charge is 0.477 e. The SMILES string of the molecule is C.C.CC(C)[C@H]1C(=O)N2C(C(=O)OC(=O)c3ccc([N+](=O)[O-])cc3)=C(CN3CC[C@H](C(N)=O)C3)[C@H](C)[C@H]12.CCO.C[C@@H](O)[C@H]1C(=O)N2C(C(=O)O)=C(CN3CC[C@H](C(N)=O)C3)[C@H](C)[C@H]12.C[C@@H](O)[C@H]1C(=O)N2C(C(=O)OC(=O)c3ccc([N+](=O)[O-])cc3)=C(CN3CC[C@H](C(N)=O)C3)[C@H](C)[C@H]12.N#CC1CCCC1.NC(=O)C1CCCC1.NC(=O)[C@H]1CCNC1.PCI. The van der Waals surface area contributed by atoms with Gasteiger partial charge < -0.3 is 78.6 Å². The van der Waals surface area contributed by atoms with Crippen molar-refractivity contribution in [1.29, 1.82) is 5.26 Å². The average Bonchev–Trinajstić information content (AvgIpc) is 1.56. The van der Waals surface area contributed by atoms with Gasteiger partial charge in [0.15, 0.2) is 0 Å². The van der Waals surface area contributed by atoms with Crippen molar-refractivity contribution in [3.8, 4) is 6.07 Å². The maximum atomic E-state index is 13.2. The molecule has 2 aromatic carbocycles. The van der Waals surface area contributed by atoms with Crippen LogP contribution in [0.15, 0.2) is 82.3 Å². The third kappa shape index (κ3) is 25.8. The zero-order valence-electron chi connectivity index (χ0n) is 70.6. The highest BCUT2D eigenvalue weighted by molar-refractivity contribution is 14.1. The van der Waals surface area contributed by atoms with Crippen LogP contribution in [0.25, 0.3) is 0 Å². The Hall–Kier alpha value is -9.66. The number of nitriles is 1. The number of hydrogen-bond donors (Lipinski definition) is 10. The Morgan fingerprint density at radius 3 is 1.08 bits per heavy atom. The number of rotatable bonds is 21. The van der Waals surface area contributed by atoms with Crippen LogP contribution >= 0.6 is 31.8 Å². The van der Waals surface area contributed by atoms with Crippen molar-refractivity contribution in [1.82, 2.24) is 34.7 Å². The van der Waals surface area contributed by atoms with Crippen LogP contribution in [0.2, 0.25) is 0 Å². The number of benzene rings is 2. The van der Waals surface area contributed by atoms with E-state index in [2.05, 4.69) is 43.2 Å². The molecule has 0 radical (unpaired) electrons. The van der Waals surface area contributed by atoms with Gasteiger partial charge in [-0.15, -0.1) is 9.24 Å². The molecule has 690 valence electrons. The van der Waals surface area contributed by atoms with E-state index in [1.807, 2.05) is 49.3 Å². The third-order valence-corrected chi connectivity index (χ3v) is 24.7. The minimum Gasteiger partial charge on any atom is -0.477 e. The third-order valence-electron chi connectivity index (χ3n) is 24.7. The molecule has 0 bridgehead atoms. The first kappa shape index (κ1) is 106. The van der Waals surface area contributed by atoms with E-state index in [4.69, 9.17) is 48.5 Å². The minimum atomic E-state index is -1.12. The monoisotopic (exact) mass is 1880 g/mol. The molecule has 8 amide bonds. The van der Waals surface area contributed by atoms with Gasteiger partial charge in [-0.25, -0.2) is 24.0 Å². The lowest BCUT2D eigenvalue weighted by molar-refractivity contribution is -0.385. The van der Waals surface area contributed by atoms with E-state index in [0.717, 1.165) is 73.6 Å². The molecule has 0 spiro atoms. The number of nitro groups is 2. The Labute approximate surface area is 744 Å². The normalized spacial score (nSPS) is 26.1. The van der Waals surface area contributed by atoms with Crippen LogP contribution in [0, 0.1) is 108 Å². The molecule has 15 N–H and O–H groups in total. The summed E-state index contributed by atoms with van der Waals surface area (Å²) in [4.78, 5) is 187. The maximum absolute atomic E-state index is 13.2. The summed E-state index contributed by atoms with van der Waals surface area (Å²) in [6.07, 6.45) is 10.3. The number of carboxylic acids is 1. The van der Waals surface area contributed by atoms with E-state index in [-0.39, 0.29) is 174 Å². The number of halogens is 1. The number of aliphatic carboxylic acids is 1. The van der Waals surface area contributed by atoms with Crippen molar-refractivity contribution >= 4 is 120 Å². The molecule has 16 atom stereocenters. The first-order chi connectivity index (χ1) is 58.1. The topological polar surface area (TPSA) is 593 Å². The summed E-state index contributed by atoms with van der Waals surface area (Å²) >= 11 is 2.25. The van der Waals surface area contributed by atoms with Crippen LogP contribution in [0.1, 0.15) is 168 Å². The standard InChI is InChI=1S/C24H28N4O7.C23H26N4O8.C16H23N3O5.C6H11NO.C6H9N.C5H10N2O.C2H6O.CH4IP.2CH4/c1-12(2)18-19-13(3)17(11-26-9-8-15(10-26)21(25)29)20(27(19)22(18)30)24(32)35-23(31)14-4-6-16(7-5-14)28(33)34;1-11-16(10-25-8-7-14(9-25)20(24)29)19(26-18(11)17(12(2)28)21(26)30)23(32)35-22(31)13-3-5-15(6-4-13)27(33)34;1-7-10(6-18-4-3-9(5-18)14(17)21)13(16(23)24)19-12(7)11(8(2)20)15(19)22;7-6(8)5-3-1-2-4-5;7-5-6-3-1-2-4-6;6-5(8)4-1-2-7-3-4;1-2-3;2-1-3;;/h4-7,12-13,15,18-19H,8-11H2,1-3H3,(H2,25,29);3-6,11-12,14,17-18,28H,7-10H2,1-2H3,(H2,24,29);7-9,11-12,20H,3-6H2,1-2H3,(H2,17,21)(H,23,24);5H,1-4H2,(H2,7,8);6H,1-4H2;4,7H,1-3H2,(H2,6,8);3H,2H2,1H3;1,3H2;2*1H4/t13-,15-,18+,19+;11-,12+,14-,17+,18+;7-,8+,9-,11+,12+;;;4-;;;;/m000..0..../s1. The molecule has 38 nitrogen and oxygen atoms in total. The number of nitrogens with zero attached hydrogens (tertiary/aromatic N) is 9. The number of carbonyl (C=O) groups excluding carboxylic acids is 12. The lowest BCUT2D eigenvalue weighted by Crippen LogP contribution is -2.63. The number of amides is 8. The zero-order valence-corrected chi connectivity index (χ0v) is 73.9. The molecular weight excluding hydrogens is 1760 g/mol. The number of likely N-dealkylation sites (tertiary alicyclic amines) is 3. The van der Waals surface area contributed by atoms with Gasteiger partial charge in [-0.2, -0.15) is 5.26 Å². The molecule has 2 saturated carbocycles. The van der Waals surface area contributed by atoms with Gasteiger partial charge in [0.25, 0.3) is 11.4 Å². The number of carboxylic acid groups (broad SMARTS) is 1. The van der Waals surface area contributed by atoms with E-state index in [0.29, 0.717) is 94.3 Å². The molecule has 40 heteroatoms. The number of esters is 4. The average molecular weight is 1880 g/mol. The number of nitrogens with one attached hydrogen (secondary N) is 1. The number of nitro benzene ring substituents is 2. The summed E-state index contributed by atoms with van der Waals surface area (Å²) in [6, 6.07) is 10.6. The molecule has 12 aliphatic rings. The van der Waals surface area contributed by atoms with Gasteiger partial charge in [-0.05, 0) is 145 Å². The highest BCUT2D eigenvalue weighted by Gasteiger charge is 2.63. The molecule has 14 rings (SSSR count). The van der Waals surface area contributed by atoms with Gasteiger partial charge in [-0.3, -0.25) is 73.3 Å². The van der Waals surface area contributed by atoms with Crippen LogP contribution in [0.4, 0.5) is 11.4 Å². The predicted molar refractivity (Wildman–Crippen MR) is 469 cm³/mol. The Kier molecular flexibility index (Phi) is 40.9. The zero-order chi connectivity index (χ0) is 91.5. The molecule has 2 aliphatic carbocycles. The summed E-state index contributed by atoms with van der Waals surface area (Å²) in [5.74, 6) is -9.43. The van der Waals surface area contributed by atoms with Crippen LogP contribution in [-0.2, 0) is 62.2 Å². The van der Waals surface area contributed by atoms with Gasteiger partial charge in [-0.1, -0.05) is 97.7 Å². The second-order valence-electron chi connectivity index (χ2n) is 33.1. The first-order valence-electron chi connectivity index (χ1n) is 41.5. The minimum absolute atomic E-state index is 0. The quantitative estimate of drug-likeness (QED) is 0.0119. The number of carbonyl (C=O) groups is 13. The number of non-ortho nitro benzene ring substituents is 2. The Morgan fingerprint density at radius 2 is 0.832 bits per heavy atom. The maximum Gasteiger partial charge on any atom is 0.362 e. The summed E-state index contributed by atoms with van der Waals surface area (Å²) in [5, 5.41) is 70.1. The molecule has 9 fully saturated rings. The highest BCUT2D eigenvalue weighted by Crippen LogP contribution is 2.51. The molecule has 10 aliphatic heterocycles. The van der Waals surface area contributed by atoms with Gasteiger partial charge in [0.05, 0.1) is 98.8 Å². The van der Waals surface area contributed by atoms with Crippen molar-refractivity contribution in [2.75, 3.05) is 82.8 Å². The number of ether oxygens (including phenoxy) is 2. The number of aliphatic hydroxyl groups excluding tert-OH is 3.